The summed E-state index contributed by atoms with van der Waals surface area (Å²) in [6, 6.07) is 0. The van der Waals surface area contributed by atoms with Gasteiger partial charge in [-0.25, -0.2) is 0 Å². The van der Waals surface area contributed by atoms with Crippen LogP contribution in [-0.2, 0) is 23.7 Å². The third-order valence-electron chi connectivity index (χ3n) is 8.03. The van der Waals surface area contributed by atoms with E-state index in [0.29, 0.717) is 38.6 Å². The molecule has 2 aliphatic heterocycles. The molecule has 0 bridgehead atoms. The molecule has 4 unspecified atom stereocenters. The summed E-state index contributed by atoms with van der Waals surface area (Å²) < 4.78 is 24.0. The molecule has 0 aliphatic carbocycles. The minimum atomic E-state index is -1.69. The minimum absolute atomic E-state index is 0.0442. The highest BCUT2D eigenvalue weighted by atomic mass is 16.7. The van der Waals surface area contributed by atoms with Crippen molar-refractivity contribution in [3.8, 4) is 0 Å². The molecule has 0 aromatic rings. The molecule has 0 aromatic heterocycles. The molecule has 0 aromatic carbocycles. The molecule has 2 fully saturated rings. The van der Waals surface area contributed by atoms with E-state index < -0.39 is 53.4 Å². The average molecular weight is 518 g/mol. The molecule has 9 nitrogen and oxygen atoms in total. The lowest BCUT2D eigenvalue weighted by molar-refractivity contribution is -0.260. The Morgan fingerprint density at radius 2 is 1.75 bits per heavy atom. The maximum absolute atomic E-state index is 13.3. The number of methoxy groups -OCH3 is 1. The number of aliphatic hydroxyl groups excluding tert-OH is 1. The summed E-state index contributed by atoms with van der Waals surface area (Å²) in [5.74, 6) is -1.16. The van der Waals surface area contributed by atoms with Crippen molar-refractivity contribution in [2.24, 2.45) is 11.8 Å². The smallest absolute Gasteiger partial charge is 0.311 e. The van der Waals surface area contributed by atoms with E-state index in [1.165, 1.54) is 6.92 Å². The number of cyclic esters (lactones) is 1. The van der Waals surface area contributed by atoms with E-state index >= 15 is 0 Å². The predicted molar refractivity (Wildman–Crippen MR) is 136 cm³/mol. The van der Waals surface area contributed by atoms with E-state index in [-0.39, 0.29) is 12.0 Å². The SMILES string of the molecule is CC[C@H]1OC(=O)C(C)[C@@H](O[C@H]2C[C@@](C)(OC)CC(C)O2)CC[C@](C)(O)C[C@@H](C)CN(C)C(O)C1(C)O. The van der Waals surface area contributed by atoms with Crippen LogP contribution in [0.25, 0.3) is 0 Å². The first-order valence-electron chi connectivity index (χ1n) is 13.4. The van der Waals surface area contributed by atoms with Crippen LogP contribution < -0.4 is 0 Å². The van der Waals surface area contributed by atoms with Gasteiger partial charge in [-0.2, -0.15) is 0 Å². The molecule has 2 saturated heterocycles. The fraction of sp³-hybridized carbons (Fsp3) is 0.963. The zero-order valence-electron chi connectivity index (χ0n) is 23.8. The first kappa shape index (κ1) is 31.4. The summed E-state index contributed by atoms with van der Waals surface area (Å²) in [5.41, 5.74) is -3.09. The predicted octanol–water partition coefficient (Wildman–Crippen LogP) is 2.83. The van der Waals surface area contributed by atoms with E-state index in [0.717, 1.165) is 6.42 Å². The lowest BCUT2D eigenvalue weighted by Crippen LogP contribution is -2.58. The number of carbonyl (C=O) groups excluding carboxylic acids is 1. The number of ether oxygens (including phenoxy) is 4. The molecule has 0 saturated carbocycles. The molecule has 212 valence electrons. The monoisotopic (exact) mass is 517 g/mol. The van der Waals surface area contributed by atoms with Crippen LogP contribution in [0.5, 0.6) is 0 Å². The second-order valence-electron chi connectivity index (χ2n) is 12.1. The van der Waals surface area contributed by atoms with Gasteiger partial charge in [-0.3, -0.25) is 9.69 Å². The quantitative estimate of drug-likeness (QED) is 0.484. The van der Waals surface area contributed by atoms with Crippen LogP contribution in [0.15, 0.2) is 0 Å². The van der Waals surface area contributed by atoms with Crippen LogP contribution in [-0.4, -0.2) is 94.5 Å². The number of hydrogen-bond donors (Lipinski definition) is 3. The van der Waals surface area contributed by atoms with Crippen molar-refractivity contribution in [2.75, 3.05) is 20.7 Å². The van der Waals surface area contributed by atoms with Gasteiger partial charge in [0.2, 0.25) is 0 Å². The highest BCUT2D eigenvalue weighted by Gasteiger charge is 2.45. The van der Waals surface area contributed by atoms with Gasteiger partial charge in [0.15, 0.2) is 6.29 Å². The number of aliphatic hydroxyl groups is 3. The van der Waals surface area contributed by atoms with Crippen molar-refractivity contribution in [3.63, 3.8) is 0 Å². The Kier molecular flexibility index (Phi) is 10.8. The molecule has 0 spiro atoms. The summed E-state index contributed by atoms with van der Waals surface area (Å²) >= 11 is 0. The summed E-state index contributed by atoms with van der Waals surface area (Å²) in [6.07, 6.45) is -0.439. The highest BCUT2D eigenvalue weighted by Crippen LogP contribution is 2.35. The van der Waals surface area contributed by atoms with Crippen LogP contribution >= 0.6 is 0 Å². The maximum atomic E-state index is 13.3. The second kappa shape index (κ2) is 12.4. The van der Waals surface area contributed by atoms with Crippen molar-refractivity contribution < 1.29 is 39.1 Å². The van der Waals surface area contributed by atoms with E-state index in [9.17, 15) is 20.1 Å². The lowest BCUT2D eigenvalue weighted by Gasteiger charge is -2.43. The lowest BCUT2D eigenvalue weighted by atomic mass is 9.85. The molecular weight excluding hydrogens is 466 g/mol. The standard InChI is InChI=1S/C27H51NO8/c1-10-21-27(7,32)24(30)28(8)16-17(2)13-25(5,31)12-11-20(19(4)23(29)36-21)35-22-15-26(6,33-9)14-18(3)34-22/h17-22,24,30-32H,10-16H2,1-9H3/t17-,18?,19?,20+,21-,22+,24?,25+,26+,27?/m1/s1. The zero-order valence-corrected chi connectivity index (χ0v) is 23.8. The average Bonchev–Trinajstić information content (AvgIpc) is 2.77. The third kappa shape index (κ3) is 8.09. The van der Waals surface area contributed by atoms with Gasteiger partial charge in [-0.15, -0.1) is 0 Å². The van der Waals surface area contributed by atoms with Gasteiger partial charge in [-0.05, 0) is 73.3 Å². The highest BCUT2D eigenvalue weighted by molar-refractivity contribution is 5.73. The molecule has 36 heavy (non-hydrogen) atoms. The summed E-state index contributed by atoms with van der Waals surface area (Å²) in [6.45, 7) is 13.3. The van der Waals surface area contributed by atoms with Crippen LogP contribution in [0, 0.1) is 11.8 Å². The van der Waals surface area contributed by atoms with E-state index in [1.807, 2.05) is 27.7 Å². The maximum Gasteiger partial charge on any atom is 0.311 e. The van der Waals surface area contributed by atoms with Crippen molar-refractivity contribution in [2.45, 2.75) is 135 Å². The minimum Gasteiger partial charge on any atom is -0.459 e. The van der Waals surface area contributed by atoms with Crippen LogP contribution in [0.1, 0.15) is 87.0 Å². The molecular formula is C27H51NO8. The Morgan fingerprint density at radius 3 is 2.33 bits per heavy atom. The molecule has 2 heterocycles. The largest absolute Gasteiger partial charge is 0.459 e. The normalized spacial score (nSPS) is 46.7. The molecule has 10 atom stereocenters. The molecule has 0 amide bonds. The number of esters is 1. The fourth-order valence-corrected chi connectivity index (χ4v) is 5.87. The van der Waals surface area contributed by atoms with Crippen LogP contribution in [0.2, 0.25) is 0 Å². The van der Waals surface area contributed by atoms with Gasteiger partial charge >= 0.3 is 5.97 Å². The Labute approximate surface area is 217 Å². The van der Waals surface area contributed by atoms with Crippen molar-refractivity contribution >= 4 is 5.97 Å². The third-order valence-corrected chi connectivity index (χ3v) is 8.03. The van der Waals surface area contributed by atoms with Crippen molar-refractivity contribution in [3.05, 3.63) is 0 Å². The Morgan fingerprint density at radius 1 is 1.11 bits per heavy atom. The molecule has 2 rings (SSSR count). The van der Waals surface area contributed by atoms with E-state index in [1.54, 1.807) is 32.9 Å². The number of rotatable bonds is 4. The number of likely N-dealkylation sites (N-methyl/N-ethyl adjacent to an activating group) is 1. The Hall–Kier alpha value is -0.810. The summed E-state index contributed by atoms with van der Waals surface area (Å²) in [7, 11) is 3.40. The van der Waals surface area contributed by atoms with Crippen LogP contribution in [0.3, 0.4) is 0 Å². The number of nitrogens with zero attached hydrogens (tertiary/aromatic N) is 1. The van der Waals surface area contributed by atoms with Gasteiger partial charge in [0, 0.05) is 26.5 Å². The zero-order chi connectivity index (χ0) is 27.5. The first-order valence-corrected chi connectivity index (χ1v) is 13.4. The molecule has 3 N–H and O–H groups in total. The van der Waals surface area contributed by atoms with E-state index in [2.05, 4.69) is 0 Å². The number of carbonyl (C=O) groups is 1. The summed E-state index contributed by atoms with van der Waals surface area (Å²) in [5, 5.41) is 33.4. The molecule has 2 aliphatic rings. The topological polar surface area (TPSA) is 118 Å². The number of hydrogen-bond acceptors (Lipinski definition) is 9. The molecule has 9 heteroatoms. The van der Waals surface area contributed by atoms with Gasteiger partial charge in [0.1, 0.15) is 17.9 Å². The van der Waals surface area contributed by atoms with Gasteiger partial charge in [0.05, 0.1) is 29.3 Å². The van der Waals surface area contributed by atoms with Gasteiger partial charge < -0.3 is 34.3 Å². The van der Waals surface area contributed by atoms with Crippen LogP contribution in [0.4, 0.5) is 0 Å². The first-order chi connectivity index (χ1) is 16.5. The van der Waals surface area contributed by atoms with Gasteiger partial charge in [-0.1, -0.05) is 13.8 Å². The van der Waals surface area contributed by atoms with E-state index in [4.69, 9.17) is 18.9 Å². The fourth-order valence-electron chi connectivity index (χ4n) is 5.87. The second-order valence-corrected chi connectivity index (χ2v) is 12.1. The van der Waals surface area contributed by atoms with Gasteiger partial charge in [0.25, 0.3) is 0 Å². The van der Waals surface area contributed by atoms with Crippen molar-refractivity contribution in [1.29, 1.82) is 0 Å². The Balaban J connectivity index is 2.34. The molecule has 0 radical (unpaired) electrons. The Bertz CT molecular complexity index is 716. The van der Waals surface area contributed by atoms with Crippen molar-refractivity contribution in [1.82, 2.24) is 4.90 Å². The summed E-state index contributed by atoms with van der Waals surface area (Å²) in [4.78, 5) is 15.0.